The molecule has 1 saturated carbocycles. The van der Waals surface area contributed by atoms with Crippen LogP contribution in [0, 0.1) is 5.92 Å². The number of nitrogens with zero attached hydrogens (tertiary/aromatic N) is 3. The molecule has 3 amide bonds. The van der Waals surface area contributed by atoms with Gasteiger partial charge in [0.1, 0.15) is 35.0 Å². The van der Waals surface area contributed by atoms with E-state index in [1.165, 1.54) is 16.2 Å². The Balaban J connectivity index is 1.32. The topological polar surface area (TPSA) is 160 Å². The summed E-state index contributed by atoms with van der Waals surface area (Å²) in [5, 5.41) is 17.5. The minimum absolute atomic E-state index is 0.00169. The summed E-state index contributed by atoms with van der Waals surface area (Å²) in [4.78, 5) is 65.7. The molecule has 1 aromatic carbocycles. The molecule has 15 heteroatoms. The number of hydrogen-bond acceptors (Lipinski definition) is 9. The number of rotatable bonds is 5. The van der Waals surface area contributed by atoms with Crippen LogP contribution in [0.15, 0.2) is 41.8 Å². The molecule has 5 atom stereocenters. The number of para-hydroxylation sites is 2. The first-order valence-electron chi connectivity index (χ1n) is 17.8. The van der Waals surface area contributed by atoms with E-state index in [-0.39, 0.29) is 63.8 Å². The number of halogens is 2. The number of thiophene rings is 1. The van der Waals surface area contributed by atoms with E-state index in [1.54, 1.807) is 26.8 Å². The molecular weight excluding hydrogens is 696 g/mol. The maximum atomic E-state index is 14.8. The number of aromatic nitrogens is 2. The fourth-order valence-electron chi connectivity index (χ4n) is 7.16. The summed E-state index contributed by atoms with van der Waals surface area (Å²) in [5.41, 5.74) is -0.709. The van der Waals surface area contributed by atoms with Crippen LogP contribution in [0.2, 0.25) is 0 Å². The van der Waals surface area contributed by atoms with E-state index >= 15 is 0 Å². The van der Waals surface area contributed by atoms with E-state index in [0.717, 1.165) is 4.88 Å². The van der Waals surface area contributed by atoms with Crippen molar-refractivity contribution in [2.45, 2.75) is 120 Å². The molecule has 0 bridgehead atoms. The summed E-state index contributed by atoms with van der Waals surface area (Å²) in [5.74, 6) is -5.66. The lowest BCUT2D eigenvalue weighted by Crippen LogP contribution is -2.56. The molecule has 12 nitrogen and oxygen atoms in total. The quantitative estimate of drug-likeness (QED) is 0.272. The molecule has 2 unspecified atom stereocenters. The second-order valence-corrected chi connectivity index (χ2v) is 16.0. The zero-order valence-electron chi connectivity index (χ0n) is 29.5. The van der Waals surface area contributed by atoms with Crippen molar-refractivity contribution in [3.63, 3.8) is 0 Å². The maximum absolute atomic E-state index is 14.8. The normalized spacial score (nSPS) is 27.1. The number of amides is 3. The van der Waals surface area contributed by atoms with Crippen molar-refractivity contribution in [1.82, 2.24) is 25.5 Å². The Hall–Kier alpha value is -4.40. The first-order chi connectivity index (χ1) is 24.6. The van der Waals surface area contributed by atoms with Crippen LogP contribution >= 0.6 is 11.3 Å². The second-order valence-electron chi connectivity index (χ2n) is 15.0. The van der Waals surface area contributed by atoms with Gasteiger partial charge < -0.3 is 30.1 Å². The number of carbonyl (C=O) groups excluding carboxylic acids is 3. The zero-order valence-corrected chi connectivity index (χ0v) is 30.3. The van der Waals surface area contributed by atoms with Crippen LogP contribution in [0.1, 0.15) is 85.0 Å². The van der Waals surface area contributed by atoms with Gasteiger partial charge in [-0.05, 0) is 82.4 Å². The van der Waals surface area contributed by atoms with Crippen LogP contribution in [0.25, 0.3) is 21.6 Å². The van der Waals surface area contributed by atoms with Crippen molar-refractivity contribution in [2.24, 2.45) is 5.92 Å². The number of alkyl halides is 2. The monoisotopic (exact) mass is 741 g/mol. The van der Waals surface area contributed by atoms with Gasteiger partial charge in [-0.1, -0.05) is 31.0 Å². The number of aliphatic carboxylic acids is 1. The number of benzene rings is 1. The van der Waals surface area contributed by atoms with Crippen molar-refractivity contribution < 1.29 is 42.5 Å². The summed E-state index contributed by atoms with van der Waals surface area (Å²) in [6, 6.07) is 8.71. The van der Waals surface area contributed by atoms with Crippen LogP contribution in [0.4, 0.5) is 13.6 Å². The lowest BCUT2D eigenvalue weighted by Gasteiger charge is -2.30. The summed E-state index contributed by atoms with van der Waals surface area (Å²) >= 11 is 1.45. The van der Waals surface area contributed by atoms with Gasteiger partial charge in [0.05, 0.1) is 22.5 Å². The van der Waals surface area contributed by atoms with Crippen LogP contribution in [0.5, 0.6) is 5.88 Å². The highest BCUT2D eigenvalue weighted by molar-refractivity contribution is 7.13. The SMILES string of the molecule is CC(C)(C)OC(=O)N[C@H]1CCCCC(F)(F)CCCCC2CC2(C(=O)O)NC(=O)[C@@H]2C[C@@H](Oc3nc4ccccc4nc3-c3cccs3)CN2C1=O. The Morgan fingerprint density at radius 1 is 1.02 bits per heavy atom. The molecule has 2 aliphatic heterocycles. The van der Waals surface area contributed by atoms with Gasteiger partial charge in [-0.3, -0.25) is 9.59 Å². The Bertz CT molecular complexity index is 1800. The van der Waals surface area contributed by atoms with Gasteiger partial charge in [0.2, 0.25) is 23.6 Å². The summed E-state index contributed by atoms with van der Waals surface area (Å²) < 4.78 is 41.5. The molecule has 52 heavy (non-hydrogen) atoms. The molecular formula is C37H45F2N5O7S. The standard InChI is InChI=1S/C37H45F2N5O7S/c1-35(2,3)51-34(49)42-26-14-7-9-17-36(38,39)16-8-6-11-22-20-37(22,33(47)48)43-30(45)27-19-23(21-44(27)32(26)46)50-31-29(28-15-10-18-52-28)40-24-12-4-5-13-25(24)41-31/h4-5,10,12-13,15,18,22-23,26-27H,6-9,11,14,16-17,19-21H2,1-3H3,(H,42,49)(H,43,45)(H,47,48)/t22?,23-,26+,27+,37?/m1/s1. The molecule has 3 N–H and O–H groups in total. The molecule has 2 aromatic heterocycles. The Kier molecular flexibility index (Phi) is 10.7. The largest absolute Gasteiger partial charge is 0.479 e. The van der Waals surface area contributed by atoms with Gasteiger partial charge in [0.15, 0.2) is 0 Å². The smallest absolute Gasteiger partial charge is 0.408 e. The number of ether oxygens (including phenoxy) is 2. The third-order valence-electron chi connectivity index (χ3n) is 9.87. The molecule has 3 aromatic rings. The average molecular weight is 742 g/mol. The summed E-state index contributed by atoms with van der Waals surface area (Å²) in [7, 11) is 0. The van der Waals surface area contributed by atoms with E-state index in [9.17, 15) is 33.1 Å². The number of nitrogens with one attached hydrogen (secondary N) is 2. The predicted octanol–water partition coefficient (Wildman–Crippen LogP) is 6.33. The van der Waals surface area contributed by atoms with Crippen LogP contribution in [-0.4, -0.2) is 85.6 Å². The van der Waals surface area contributed by atoms with Crippen molar-refractivity contribution in [3.05, 3.63) is 41.8 Å². The molecule has 2 saturated heterocycles. The number of carbonyl (C=O) groups is 4. The first kappa shape index (κ1) is 37.4. The summed E-state index contributed by atoms with van der Waals surface area (Å²) in [6.45, 7) is 4.92. The van der Waals surface area contributed by atoms with Crippen LogP contribution < -0.4 is 15.4 Å². The number of alkyl carbamates (subject to hydrolysis) is 1. The number of hydrogen-bond donors (Lipinski definition) is 3. The van der Waals surface area contributed by atoms with E-state index in [0.29, 0.717) is 29.6 Å². The van der Waals surface area contributed by atoms with Crippen molar-refractivity contribution in [3.8, 4) is 16.5 Å². The van der Waals surface area contributed by atoms with Crippen molar-refractivity contribution in [1.29, 1.82) is 0 Å². The van der Waals surface area contributed by atoms with Gasteiger partial charge >= 0.3 is 12.1 Å². The van der Waals surface area contributed by atoms with Gasteiger partial charge in [-0.25, -0.2) is 28.3 Å². The predicted molar refractivity (Wildman–Crippen MR) is 189 cm³/mol. The maximum Gasteiger partial charge on any atom is 0.408 e. The Labute approximate surface area is 304 Å². The van der Waals surface area contributed by atoms with E-state index in [4.69, 9.17) is 19.4 Å². The third kappa shape index (κ3) is 8.62. The van der Waals surface area contributed by atoms with Crippen LogP contribution in [-0.2, 0) is 19.1 Å². The van der Waals surface area contributed by atoms with Crippen molar-refractivity contribution in [2.75, 3.05) is 6.54 Å². The minimum Gasteiger partial charge on any atom is -0.479 e. The fourth-order valence-corrected chi connectivity index (χ4v) is 7.87. The highest BCUT2D eigenvalue weighted by Gasteiger charge is 2.62. The number of fused-ring (bicyclic) bond motifs is 3. The highest BCUT2D eigenvalue weighted by Crippen LogP contribution is 2.48. The lowest BCUT2D eigenvalue weighted by atomic mass is 10.00. The average Bonchev–Trinajstić information content (AvgIpc) is 3.38. The second kappa shape index (κ2) is 14.9. The minimum atomic E-state index is -2.92. The van der Waals surface area contributed by atoms with E-state index in [2.05, 4.69) is 10.6 Å². The van der Waals surface area contributed by atoms with Gasteiger partial charge in [-0.15, -0.1) is 11.3 Å². The molecule has 1 aliphatic carbocycles. The molecule has 4 heterocycles. The number of carboxylic acids is 1. The highest BCUT2D eigenvalue weighted by atomic mass is 32.1. The van der Waals surface area contributed by atoms with Crippen LogP contribution in [0.3, 0.4) is 0 Å². The van der Waals surface area contributed by atoms with E-state index < -0.39 is 65.0 Å². The fraction of sp³-hybridized carbons (Fsp3) is 0.568. The molecule has 0 spiro atoms. The first-order valence-corrected chi connectivity index (χ1v) is 18.7. The van der Waals surface area contributed by atoms with E-state index in [1.807, 2.05) is 35.7 Å². The third-order valence-corrected chi connectivity index (χ3v) is 10.7. The van der Waals surface area contributed by atoms with Gasteiger partial charge in [-0.2, -0.15) is 0 Å². The molecule has 3 fully saturated rings. The van der Waals surface area contributed by atoms with Gasteiger partial charge in [0, 0.05) is 19.3 Å². The Morgan fingerprint density at radius 3 is 2.37 bits per heavy atom. The molecule has 0 radical (unpaired) electrons. The summed E-state index contributed by atoms with van der Waals surface area (Å²) in [6.07, 6.45) is -0.879. The Morgan fingerprint density at radius 2 is 1.71 bits per heavy atom. The van der Waals surface area contributed by atoms with Gasteiger partial charge in [0.25, 0.3) is 0 Å². The number of carboxylic acid groups (broad SMARTS) is 1. The zero-order chi connectivity index (χ0) is 37.3. The molecule has 280 valence electrons. The molecule has 6 rings (SSSR count). The molecule has 3 aliphatic rings. The van der Waals surface area contributed by atoms with Crippen molar-refractivity contribution >= 4 is 46.2 Å². The lowest BCUT2D eigenvalue weighted by molar-refractivity contribution is -0.146.